The predicted molar refractivity (Wildman–Crippen MR) is 48.6 cm³/mol. The van der Waals surface area contributed by atoms with Crippen molar-refractivity contribution in [2.24, 2.45) is 5.92 Å². The Morgan fingerprint density at radius 2 is 2.33 bits per heavy atom. The molecule has 0 bridgehead atoms. The van der Waals surface area contributed by atoms with Crippen molar-refractivity contribution in [2.75, 3.05) is 5.75 Å². The Morgan fingerprint density at radius 3 is 2.44 bits per heavy atom. The van der Waals surface area contributed by atoms with Crippen molar-refractivity contribution in [1.82, 2.24) is 0 Å². The fourth-order valence-corrected chi connectivity index (χ4v) is 2.28. The minimum atomic E-state index is 0.349. The van der Waals surface area contributed by atoms with Gasteiger partial charge in [-0.2, -0.15) is 25.3 Å². The van der Waals surface area contributed by atoms with Crippen molar-refractivity contribution in [3.63, 3.8) is 0 Å². The Bertz CT molecular complexity index is 103. The van der Waals surface area contributed by atoms with Gasteiger partial charge in [0.2, 0.25) is 0 Å². The molecule has 0 spiro atoms. The van der Waals surface area contributed by atoms with Crippen molar-refractivity contribution >= 4 is 25.3 Å². The Hall–Kier alpha value is 0.700. The number of hydrogen-bond acceptors (Lipinski definition) is 2. The SMILES string of the molecule is CC1CCC1(S)CCS. The first-order valence-corrected chi connectivity index (χ1v) is 4.60. The zero-order valence-corrected chi connectivity index (χ0v) is 7.59. The van der Waals surface area contributed by atoms with Crippen LogP contribution in [0, 0.1) is 5.92 Å². The lowest BCUT2D eigenvalue weighted by Crippen LogP contribution is -2.40. The van der Waals surface area contributed by atoms with E-state index in [0.717, 1.165) is 11.7 Å². The topological polar surface area (TPSA) is 0 Å². The summed E-state index contributed by atoms with van der Waals surface area (Å²) in [4.78, 5) is 0. The van der Waals surface area contributed by atoms with Gasteiger partial charge >= 0.3 is 0 Å². The highest BCUT2D eigenvalue weighted by Gasteiger charge is 2.39. The largest absolute Gasteiger partial charge is 0.179 e. The van der Waals surface area contributed by atoms with E-state index in [2.05, 4.69) is 32.2 Å². The summed E-state index contributed by atoms with van der Waals surface area (Å²) in [5, 5.41) is 0. The molecule has 0 N–H and O–H groups in total. The summed E-state index contributed by atoms with van der Waals surface area (Å²) in [5.74, 6) is 1.79. The van der Waals surface area contributed by atoms with Crippen molar-refractivity contribution in [1.29, 1.82) is 0 Å². The summed E-state index contributed by atoms with van der Waals surface area (Å²) in [6.45, 7) is 2.28. The molecule has 0 aromatic rings. The predicted octanol–water partition coefficient (Wildman–Crippen LogP) is 2.40. The molecule has 0 aromatic heterocycles. The molecule has 0 heterocycles. The molecule has 0 aliphatic heterocycles. The molecule has 0 radical (unpaired) electrons. The van der Waals surface area contributed by atoms with E-state index in [0.29, 0.717) is 4.75 Å². The Kier molecular flexibility index (Phi) is 2.38. The lowest BCUT2D eigenvalue weighted by Gasteiger charge is -2.44. The van der Waals surface area contributed by atoms with E-state index < -0.39 is 0 Å². The van der Waals surface area contributed by atoms with Crippen LogP contribution in [0.2, 0.25) is 0 Å². The highest BCUT2D eigenvalue weighted by molar-refractivity contribution is 7.82. The average molecular weight is 162 g/mol. The zero-order chi connectivity index (χ0) is 6.91. The first-order chi connectivity index (χ1) is 4.19. The second-order valence-electron chi connectivity index (χ2n) is 3.02. The summed E-state index contributed by atoms with van der Waals surface area (Å²) in [7, 11) is 0. The molecule has 0 aromatic carbocycles. The van der Waals surface area contributed by atoms with E-state index in [-0.39, 0.29) is 0 Å². The quantitative estimate of drug-likeness (QED) is 0.572. The van der Waals surface area contributed by atoms with Crippen molar-refractivity contribution in [2.45, 2.75) is 30.9 Å². The van der Waals surface area contributed by atoms with Crippen LogP contribution in [-0.2, 0) is 0 Å². The standard InChI is InChI=1S/C7H14S2/c1-6-2-3-7(6,9)4-5-8/h6,8-9H,2-5H2,1H3. The van der Waals surface area contributed by atoms with Gasteiger partial charge in [-0.05, 0) is 30.9 Å². The van der Waals surface area contributed by atoms with E-state index in [4.69, 9.17) is 0 Å². The number of rotatable bonds is 2. The molecule has 1 saturated carbocycles. The van der Waals surface area contributed by atoms with Crippen molar-refractivity contribution in [3.8, 4) is 0 Å². The van der Waals surface area contributed by atoms with Crippen LogP contribution in [0.1, 0.15) is 26.2 Å². The molecule has 2 atom stereocenters. The van der Waals surface area contributed by atoms with Gasteiger partial charge in [0, 0.05) is 4.75 Å². The first-order valence-electron chi connectivity index (χ1n) is 3.52. The molecule has 1 rings (SSSR count). The maximum Gasteiger partial charge on any atom is 0.0163 e. The molecule has 0 nitrogen and oxygen atoms in total. The van der Waals surface area contributed by atoms with Gasteiger partial charge in [-0.1, -0.05) is 6.92 Å². The second kappa shape index (κ2) is 2.75. The molecule has 0 saturated heterocycles. The van der Waals surface area contributed by atoms with Crippen LogP contribution in [0.25, 0.3) is 0 Å². The minimum absolute atomic E-state index is 0.349. The third-order valence-corrected chi connectivity index (χ3v) is 3.58. The Balaban J connectivity index is 2.34. The molecule has 2 heteroatoms. The minimum Gasteiger partial charge on any atom is -0.179 e. The summed E-state index contributed by atoms with van der Waals surface area (Å²) < 4.78 is 0.349. The van der Waals surface area contributed by atoms with Crippen LogP contribution in [0.4, 0.5) is 0 Å². The fraction of sp³-hybridized carbons (Fsp3) is 1.00. The summed E-state index contributed by atoms with van der Waals surface area (Å²) in [5.41, 5.74) is 0. The van der Waals surface area contributed by atoms with E-state index in [1.54, 1.807) is 0 Å². The number of hydrogen-bond donors (Lipinski definition) is 2. The van der Waals surface area contributed by atoms with E-state index >= 15 is 0 Å². The maximum absolute atomic E-state index is 4.60. The third kappa shape index (κ3) is 1.40. The number of thiol groups is 2. The highest BCUT2D eigenvalue weighted by atomic mass is 32.1. The zero-order valence-electron chi connectivity index (χ0n) is 5.80. The van der Waals surface area contributed by atoms with E-state index in [9.17, 15) is 0 Å². The molecular weight excluding hydrogens is 148 g/mol. The molecule has 1 aliphatic carbocycles. The van der Waals surface area contributed by atoms with Crippen LogP contribution in [0.3, 0.4) is 0 Å². The smallest absolute Gasteiger partial charge is 0.0163 e. The molecular formula is C7H14S2. The maximum atomic E-state index is 4.60. The monoisotopic (exact) mass is 162 g/mol. The van der Waals surface area contributed by atoms with Crippen LogP contribution < -0.4 is 0 Å². The Morgan fingerprint density at radius 1 is 1.67 bits per heavy atom. The molecule has 9 heavy (non-hydrogen) atoms. The normalized spacial score (nSPS) is 42.3. The van der Waals surface area contributed by atoms with E-state index in [1.807, 2.05) is 0 Å². The summed E-state index contributed by atoms with van der Waals surface area (Å²) in [6, 6.07) is 0. The van der Waals surface area contributed by atoms with Gasteiger partial charge in [0.15, 0.2) is 0 Å². The highest BCUT2D eigenvalue weighted by Crippen LogP contribution is 2.46. The van der Waals surface area contributed by atoms with Crippen LogP contribution in [-0.4, -0.2) is 10.5 Å². The van der Waals surface area contributed by atoms with Crippen molar-refractivity contribution < 1.29 is 0 Å². The lowest BCUT2D eigenvalue weighted by atomic mass is 9.72. The molecule has 1 aliphatic rings. The molecule has 54 valence electrons. The van der Waals surface area contributed by atoms with Crippen molar-refractivity contribution in [3.05, 3.63) is 0 Å². The van der Waals surface area contributed by atoms with E-state index in [1.165, 1.54) is 19.3 Å². The fourth-order valence-electron chi connectivity index (χ4n) is 1.33. The average Bonchev–Trinajstić information content (AvgIpc) is 1.86. The van der Waals surface area contributed by atoms with Gasteiger partial charge < -0.3 is 0 Å². The van der Waals surface area contributed by atoms with Gasteiger partial charge in [0.05, 0.1) is 0 Å². The first kappa shape index (κ1) is 7.80. The van der Waals surface area contributed by atoms with Gasteiger partial charge in [-0.25, -0.2) is 0 Å². The van der Waals surface area contributed by atoms with Crippen LogP contribution in [0.5, 0.6) is 0 Å². The van der Waals surface area contributed by atoms with Gasteiger partial charge in [0.1, 0.15) is 0 Å². The van der Waals surface area contributed by atoms with Crippen LogP contribution in [0.15, 0.2) is 0 Å². The second-order valence-corrected chi connectivity index (χ2v) is 4.35. The Labute approximate surface area is 68.2 Å². The van der Waals surface area contributed by atoms with Gasteiger partial charge in [-0.3, -0.25) is 0 Å². The van der Waals surface area contributed by atoms with Gasteiger partial charge in [0.25, 0.3) is 0 Å². The summed E-state index contributed by atoms with van der Waals surface area (Å²) in [6.07, 6.45) is 3.81. The van der Waals surface area contributed by atoms with Crippen LogP contribution >= 0.6 is 25.3 Å². The summed E-state index contributed by atoms with van der Waals surface area (Å²) >= 11 is 8.79. The third-order valence-electron chi connectivity index (χ3n) is 2.47. The molecule has 1 fully saturated rings. The molecule has 2 unspecified atom stereocenters. The van der Waals surface area contributed by atoms with Gasteiger partial charge in [-0.15, -0.1) is 0 Å². The molecule has 0 amide bonds. The lowest BCUT2D eigenvalue weighted by molar-refractivity contribution is 0.236.